The summed E-state index contributed by atoms with van der Waals surface area (Å²) in [5, 5.41) is 33.8. The summed E-state index contributed by atoms with van der Waals surface area (Å²) in [7, 11) is 0. The van der Waals surface area contributed by atoms with Crippen LogP contribution in [0.25, 0.3) is 11.1 Å². The van der Waals surface area contributed by atoms with Crippen molar-refractivity contribution in [3.05, 3.63) is 52.3 Å². The topological polar surface area (TPSA) is 115 Å². The standard InChI is InChI=1S/C18H19N5O3/c1-12-10-22(15(11-24)8-21-12)18-6-13(2-3-17(18)23(25)26)16-9-20-5-4-14(16)7-19/h2-6,9,12,15,21,24H,8,10-11H2,1H3/t12-,15+/m1/s1. The Balaban J connectivity index is 2.13. The molecule has 0 bridgehead atoms. The van der Waals surface area contributed by atoms with E-state index >= 15 is 0 Å². The van der Waals surface area contributed by atoms with Gasteiger partial charge in [0.25, 0.3) is 5.69 Å². The number of benzene rings is 1. The van der Waals surface area contributed by atoms with Crippen LogP contribution in [0.15, 0.2) is 36.7 Å². The molecule has 1 aliphatic heterocycles. The summed E-state index contributed by atoms with van der Waals surface area (Å²) in [4.78, 5) is 17.1. The van der Waals surface area contributed by atoms with Crippen LogP contribution in [0.4, 0.5) is 11.4 Å². The number of nitro benzene ring substituents is 1. The Labute approximate surface area is 150 Å². The molecule has 134 valence electrons. The van der Waals surface area contributed by atoms with Gasteiger partial charge in [0.2, 0.25) is 0 Å². The number of hydrogen-bond acceptors (Lipinski definition) is 7. The molecule has 26 heavy (non-hydrogen) atoms. The van der Waals surface area contributed by atoms with Crippen LogP contribution in [-0.2, 0) is 0 Å². The van der Waals surface area contributed by atoms with Crippen LogP contribution in [0.3, 0.4) is 0 Å². The second kappa shape index (κ2) is 7.47. The molecule has 0 radical (unpaired) electrons. The number of hydrogen-bond donors (Lipinski definition) is 2. The third-order valence-electron chi connectivity index (χ3n) is 4.56. The predicted molar refractivity (Wildman–Crippen MR) is 96.7 cm³/mol. The van der Waals surface area contributed by atoms with Gasteiger partial charge in [0.1, 0.15) is 5.69 Å². The Morgan fingerprint density at radius 1 is 1.50 bits per heavy atom. The van der Waals surface area contributed by atoms with Gasteiger partial charge < -0.3 is 15.3 Å². The molecule has 3 rings (SSSR count). The molecule has 0 amide bonds. The minimum atomic E-state index is -0.422. The van der Waals surface area contributed by atoms with Crippen molar-refractivity contribution in [2.75, 3.05) is 24.6 Å². The first-order chi connectivity index (χ1) is 12.5. The SMILES string of the molecule is C[C@@H]1CN(c2cc(-c3cnccc3C#N)ccc2[N+](=O)[O-])[C@H](CO)CN1. The van der Waals surface area contributed by atoms with Crippen LogP contribution in [0, 0.1) is 21.4 Å². The molecule has 2 N–H and O–H groups in total. The zero-order chi connectivity index (χ0) is 18.7. The fourth-order valence-corrected chi connectivity index (χ4v) is 3.21. The summed E-state index contributed by atoms with van der Waals surface area (Å²) >= 11 is 0. The predicted octanol–water partition coefficient (Wildman–Crippen LogP) is 1.69. The van der Waals surface area contributed by atoms with Gasteiger partial charge in [-0.1, -0.05) is 0 Å². The van der Waals surface area contributed by atoms with Gasteiger partial charge in [-0.2, -0.15) is 5.26 Å². The first-order valence-corrected chi connectivity index (χ1v) is 8.29. The smallest absolute Gasteiger partial charge is 0.292 e. The Bertz CT molecular complexity index is 864. The van der Waals surface area contributed by atoms with Gasteiger partial charge in [0.05, 0.1) is 29.2 Å². The number of aliphatic hydroxyl groups excluding tert-OH is 1. The summed E-state index contributed by atoms with van der Waals surface area (Å²) in [6, 6.07) is 8.38. The largest absolute Gasteiger partial charge is 0.394 e. The summed E-state index contributed by atoms with van der Waals surface area (Å²) in [5.74, 6) is 0. The molecule has 0 unspecified atom stereocenters. The van der Waals surface area contributed by atoms with E-state index < -0.39 is 4.92 Å². The van der Waals surface area contributed by atoms with E-state index in [0.717, 1.165) is 0 Å². The lowest BCUT2D eigenvalue weighted by Gasteiger charge is -2.39. The van der Waals surface area contributed by atoms with Crippen molar-refractivity contribution in [1.82, 2.24) is 10.3 Å². The Hall–Kier alpha value is -3.02. The van der Waals surface area contributed by atoms with Gasteiger partial charge in [-0.05, 0) is 30.7 Å². The van der Waals surface area contributed by atoms with E-state index in [4.69, 9.17) is 0 Å². The maximum Gasteiger partial charge on any atom is 0.292 e. The van der Waals surface area contributed by atoms with Crippen LogP contribution in [-0.4, -0.2) is 46.8 Å². The second-order valence-electron chi connectivity index (χ2n) is 6.29. The molecule has 1 aliphatic rings. The number of nitriles is 1. The van der Waals surface area contributed by atoms with Gasteiger partial charge in [0, 0.05) is 43.2 Å². The molecular weight excluding hydrogens is 334 g/mol. The fourth-order valence-electron chi connectivity index (χ4n) is 3.21. The maximum atomic E-state index is 11.5. The van der Waals surface area contributed by atoms with Crippen molar-refractivity contribution in [3.8, 4) is 17.2 Å². The number of pyridine rings is 1. The average molecular weight is 353 g/mol. The van der Waals surface area contributed by atoms with Gasteiger partial charge in [-0.3, -0.25) is 15.1 Å². The Kier molecular flexibility index (Phi) is 5.11. The molecule has 1 fully saturated rings. The molecular formula is C18H19N5O3. The number of nitro groups is 1. The van der Waals surface area contributed by atoms with Crippen LogP contribution in [0.5, 0.6) is 0 Å². The molecule has 1 aromatic heterocycles. The monoisotopic (exact) mass is 353 g/mol. The van der Waals surface area contributed by atoms with Gasteiger partial charge >= 0.3 is 0 Å². The molecule has 2 heterocycles. The lowest BCUT2D eigenvalue weighted by atomic mass is 10.00. The van der Waals surface area contributed by atoms with Crippen molar-refractivity contribution >= 4 is 11.4 Å². The Morgan fingerprint density at radius 2 is 2.31 bits per heavy atom. The first kappa shape index (κ1) is 17.8. The third-order valence-corrected chi connectivity index (χ3v) is 4.56. The molecule has 8 heteroatoms. The van der Waals surface area contributed by atoms with Crippen molar-refractivity contribution in [2.45, 2.75) is 19.0 Å². The van der Waals surface area contributed by atoms with Crippen LogP contribution in [0.2, 0.25) is 0 Å². The van der Waals surface area contributed by atoms with Crippen LogP contribution in [0.1, 0.15) is 12.5 Å². The fraction of sp³-hybridized carbons (Fsp3) is 0.333. The number of anilines is 1. The minimum absolute atomic E-state index is 0.0244. The minimum Gasteiger partial charge on any atom is -0.394 e. The number of nitrogens with zero attached hydrogens (tertiary/aromatic N) is 4. The summed E-state index contributed by atoms with van der Waals surface area (Å²) in [5.41, 5.74) is 2.16. The van der Waals surface area contributed by atoms with Gasteiger partial charge in [-0.25, -0.2) is 0 Å². The second-order valence-corrected chi connectivity index (χ2v) is 6.29. The molecule has 2 atom stereocenters. The van der Waals surface area contributed by atoms with E-state index in [1.54, 1.807) is 24.4 Å². The van der Waals surface area contributed by atoms with E-state index in [1.807, 2.05) is 11.8 Å². The molecule has 0 aliphatic carbocycles. The number of piperazine rings is 1. The van der Waals surface area contributed by atoms with Crippen LogP contribution < -0.4 is 10.2 Å². The highest BCUT2D eigenvalue weighted by Crippen LogP contribution is 2.35. The molecule has 0 saturated carbocycles. The highest BCUT2D eigenvalue weighted by Gasteiger charge is 2.30. The van der Waals surface area contributed by atoms with E-state index in [0.29, 0.717) is 35.5 Å². The van der Waals surface area contributed by atoms with E-state index in [9.17, 15) is 20.5 Å². The highest BCUT2D eigenvalue weighted by molar-refractivity contribution is 5.77. The number of aliphatic hydroxyl groups is 1. The summed E-state index contributed by atoms with van der Waals surface area (Å²) in [6.07, 6.45) is 3.11. The van der Waals surface area contributed by atoms with Gasteiger partial charge in [0.15, 0.2) is 0 Å². The molecule has 2 aromatic rings. The molecule has 0 spiro atoms. The molecule has 1 saturated heterocycles. The third kappa shape index (κ3) is 3.35. The van der Waals surface area contributed by atoms with E-state index in [1.165, 1.54) is 12.3 Å². The highest BCUT2D eigenvalue weighted by atomic mass is 16.6. The summed E-state index contributed by atoms with van der Waals surface area (Å²) in [6.45, 7) is 2.95. The molecule has 8 nitrogen and oxygen atoms in total. The van der Waals surface area contributed by atoms with Crippen molar-refractivity contribution in [2.24, 2.45) is 0 Å². The zero-order valence-corrected chi connectivity index (χ0v) is 14.3. The molecule has 1 aromatic carbocycles. The van der Waals surface area contributed by atoms with E-state index in [2.05, 4.69) is 16.4 Å². The normalized spacial score (nSPS) is 19.8. The summed E-state index contributed by atoms with van der Waals surface area (Å²) < 4.78 is 0. The quantitative estimate of drug-likeness (QED) is 0.635. The number of rotatable bonds is 4. The lowest BCUT2D eigenvalue weighted by molar-refractivity contribution is -0.384. The average Bonchev–Trinajstić information content (AvgIpc) is 2.67. The van der Waals surface area contributed by atoms with Crippen molar-refractivity contribution < 1.29 is 10.0 Å². The zero-order valence-electron chi connectivity index (χ0n) is 14.3. The van der Waals surface area contributed by atoms with Gasteiger partial charge in [-0.15, -0.1) is 0 Å². The lowest BCUT2D eigenvalue weighted by Crippen LogP contribution is -2.57. The van der Waals surface area contributed by atoms with Crippen molar-refractivity contribution in [3.63, 3.8) is 0 Å². The Morgan fingerprint density at radius 3 is 3.00 bits per heavy atom. The maximum absolute atomic E-state index is 11.5. The van der Waals surface area contributed by atoms with Crippen molar-refractivity contribution in [1.29, 1.82) is 5.26 Å². The van der Waals surface area contributed by atoms with Crippen LogP contribution >= 0.6 is 0 Å². The number of nitrogens with one attached hydrogen (secondary N) is 1. The first-order valence-electron chi connectivity index (χ1n) is 8.29. The van der Waals surface area contributed by atoms with E-state index in [-0.39, 0.29) is 24.4 Å². The number of aromatic nitrogens is 1.